The second kappa shape index (κ2) is 2.60. The SMILES string of the molecule is CO[C@@]12CCC[C@H]1C1=CCCC[C@@H]12. The molecule has 0 amide bonds. The van der Waals surface area contributed by atoms with Gasteiger partial charge in [-0.2, -0.15) is 0 Å². The number of ether oxygens (including phenoxy) is 1. The third-order valence-corrected chi connectivity index (χ3v) is 4.50. The highest BCUT2D eigenvalue weighted by atomic mass is 16.5. The lowest BCUT2D eigenvalue weighted by molar-refractivity contribution is -0.119. The van der Waals surface area contributed by atoms with Crippen LogP contribution in [0.1, 0.15) is 38.5 Å². The molecule has 0 heterocycles. The van der Waals surface area contributed by atoms with Crippen molar-refractivity contribution < 1.29 is 4.74 Å². The second-order valence-corrected chi connectivity index (χ2v) is 4.79. The minimum Gasteiger partial charge on any atom is -0.377 e. The van der Waals surface area contributed by atoms with Crippen molar-refractivity contribution in [1.82, 2.24) is 0 Å². The summed E-state index contributed by atoms with van der Waals surface area (Å²) >= 11 is 0. The van der Waals surface area contributed by atoms with Gasteiger partial charge in [0.05, 0.1) is 5.60 Å². The Morgan fingerprint density at radius 1 is 1.31 bits per heavy atom. The van der Waals surface area contributed by atoms with E-state index in [4.69, 9.17) is 4.74 Å². The van der Waals surface area contributed by atoms with Gasteiger partial charge < -0.3 is 4.74 Å². The van der Waals surface area contributed by atoms with Crippen molar-refractivity contribution >= 4 is 0 Å². The lowest BCUT2D eigenvalue weighted by Crippen LogP contribution is -2.56. The molecule has 3 aliphatic carbocycles. The molecule has 3 aliphatic rings. The van der Waals surface area contributed by atoms with Crippen LogP contribution in [-0.4, -0.2) is 12.7 Å². The van der Waals surface area contributed by atoms with Crippen molar-refractivity contribution in [1.29, 1.82) is 0 Å². The van der Waals surface area contributed by atoms with Crippen LogP contribution < -0.4 is 0 Å². The van der Waals surface area contributed by atoms with Crippen LogP contribution in [0.3, 0.4) is 0 Å². The number of rotatable bonds is 1. The molecule has 0 unspecified atom stereocenters. The zero-order chi connectivity index (χ0) is 8.89. The van der Waals surface area contributed by atoms with Crippen molar-refractivity contribution in [3.63, 3.8) is 0 Å². The summed E-state index contributed by atoms with van der Waals surface area (Å²) in [6.07, 6.45) is 10.7. The first kappa shape index (κ1) is 8.05. The van der Waals surface area contributed by atoms with Gasteiger partial charge in [0, 0.05) is 18.9 Å². The lowest BCUT2D eigenvalue weighted by atomic mass is 9.55. The Balaban J connectivity index is 1.95. The predicted octanol–water partition coefficient (Wildman–Crippen LogP) is 2.91. The van der Waals surface area contributed by atoms with Crippen LogP contribution >= 0.6 is 0 Å². The van der Waals surface area contributed by atoms with Crippen LogP contribution in [0.15, 0.2) is 11.6 Å². The maximum Gasteiger partial charge on any atom is 0.0808 e. The van der Waals surface area contributed by atoms with Crippen LogP contribution in [0, 0.1) is 11.8 Å². The molecule has 1 heteroatoms. The predicted molar refractivity (Wildman–Crippen MR) is 52.5 cm³/mol. The molecule has 72 valence electrons. The van der Waals surface area contributed by atoms with E-state index in [0.29, 0.717) is 5.60 Å². The molecule has 0 aliphatic heterocycles. The van der Waals surface area contributed by atoms with Gasteiger partial charge in [0.15, 0.2) is 0 Å². The number of allylic oxidation sites excluding steroid dienone is 1. The molecule has 0 bridgehead atoms. The van der Waals surface area contributed by atoms with E-state index < -0.39 is 0 Å². The normalized spacial score (nSPS) is 47.6. The first-order valence-corrected chi connectivity index (χ1v) is 5.63. The molecular weight excluding hydrogens is 160 g/mol. The van der Waals surface area contributed by atoms with Gasteiger partial charge in [-0.25, -0.2) is 0 Å². The molecule has 3 rings (SSSR count). The highest BCUT2D eigenvalue weighted by Crippen LogP contribution is 2.62. The summed E-state index contributed by atoms with van der Waals surface area (Å²) < 4.78 is 5.83. The quantitative estimate of drug-likeness (QED) is 0.561. The Hall–Kier alpha value is -0.300. The summed E-state index contributed by atoms with van der Waals surface area (Å²) in [5.74, 6) is 1.61. The minimum atomic E-state index is 0.298. The maximum absolute atomic E-state index is 5.83. The molecule has 0 N–H and O–H groups in total. The molecule has 1 nitrogen and oxygen atoms in total. The minimum absolute atomic E-state index is 0.298. The van der Waals surface area contributed by atoms with Crippen LogP contribution in [0.2, 0.25) is 0 Å². The van der Waals surface area contributed by atoms with E-state index in [-0.39, 0.29) is 0 Å². The topological polar surface area (TPSA) is 9.23 Å². The summed E-state index contributed by atoms with van der Waals surface area (Å²) in [6, 6.07) is 0. The maximum atomic E-state index is 5.83. The number of hydrogen-bond acceptors (Lipinski definition) is 1. The molecular formula is C12H18O. The van der Waals surface area contributed by atoms with Gasteiger partial charge in [-0.3, -0.25) is 0 Å². The van der Waals surface area contributed by atoms with E-state index in [9.17, 15) is 0 Å². The molecule has 0 spiro atoms. The molecule has 0 radical (unpaired) electrons. The lowest BCUT2D eigenvalue weighted by Gasteiger charge is -2.55. The van der Waals surface area contributed by atoms with Crippen molar-refractivity contribution in [3.05, 3.63) is 11.6 Å². The average molecular weight is 178 g/mol. The van der Waals surface area contributed by atoms with Gasteiger partial charge in [0.1, 0.15) is 0 Å². The van der Waals surface area contributed by atoms with E-state index >= 15 is 0 Å². The molecule has 0 aromatic heterocycles. The van der Waals surface area contributed by atoms with Crippen molar-refractivity contribution in [2.45, 2.75) is 44.1 Å². The van der Waals surface area contributed by atoms with E-state index in [0.717, 1.165) is 11.8 Å². The summed E-state index contributed by atoms with van der Waals surface area (Å²) in [5.41, 5.74) is 2.05. The fraction of sp³-hybridized carbons (Fsp3) is 0.833. The molecule has 2 fully saturated rings. The molecule has 13 heavy (non-hydrogen) atoms. The van der Waals surface area contributed by atoms with Gasteiger partial charge in [-0.1, -0.05) is 11.6 Å². The average Bonchev–Trinajstić information content (AvgIpc) is 2.54. The number of methoxy groups -OCH3 is 1. The largest absolute Gasteiger partial charge is 0.377 e. The first-order valence-electron chi connectivity index (χ1n) is 5.63. The highest BCUT2D eigenvalue weighted by molar-refractivity contribution is 5.34. The Labute approximate surface area is 80.2 Å². The van der Waals surface area contributed by atoms with Crippen LogP contribution in [0.4, 0.5) is 0 Å². The highest BCUT2D eigenvalue weighted by Gasteiger charge is 2.60. The van der Waals surface area contributed by atoms with Crippen LogP contribution in [0.5, 0.6) is 0 Å². The zero-order valence-corrected chi connectivity index (χ0v) is 8.38. The Bertz CT molecular complexity index is 256. The van der Waals surface area contributed by atoms with Gasteiger partial charge in [-0.15, -0.1) is 0 Å². The molecule has 3 atom stereocenters. The number of hydrogen-bond donors (Lipinski definition) is 0. The van der Waals surface area contributed by atoms with Crippen LogP contribution in [0.25, 0.3) is 0 Å². The van der Waals surface area contributed by atoms with Gasteiger partial charge >= 0.3 is 0 Å². The fourth-order valence-corrected chi connectivity index (χ4v) is 3.97. The zero-order valence-electron chi connectivity index (χ0n) is 8.38. The third-order valence-electron chi connectivity index (χ3n) is 4.50. The Morgan fingerprint density at radius 3 is 2.85 bits per heavy atom. The standard InChI is InChI=1S/C12H18O/c1-13-12-8-4-7-11(12)9-5-2-3-6-10(9)12/h5,10-11H,2-4,6-8H2,1H3/t10-,11-,12+/m0/s1. The number of fused-ring (bicyclic) bond motifs is 4. The Kier molecular flexibility index (Phi) is 1.61. The van der Waals surface area contributed by atoms with Crippen molar-refractivity contribution in [3.8, 4) is 0 Å². The van der Waals surface area contributed by atoms with E-state index in [2.05, 4.69) is 6.08 Å². The summed E-state index contributed by atoms with van der Waals surface area (Å²) in [5, 5.41) is 0. The van der Waals surface area contributed by atoms with E-state index in [1.54, 1.807) is 5.57 Å². The van der Waals surface area contributed by atoms with Crippen LogP contribution in [-0.2, 0) is 4.74 Å². The van der Waals surface area contributed by atoms with E-state index in [1.165, 1.54) is 38.5 Å². The van der Waals surface area contributed by atoms with Gasteiger partial charge in [-0.05, 0) is 38.5 Å². The summed E-state index contributed by atoms with van der Waals surface area (Å²) in [7, 11) is 1.92. The smallest absolute Gasteiger partial charge is 0.0808 e. The summed E-state index contributed by atoms with van der Waals surface area (Å²) in [6.45, 7) is 0. The second-order valence-electron chi connectivity index (χ2n) is 4.79. The third kappa shape index (κ3) is 0.817. The van der Waals surface area contributed by atoms with Gasteiger partial charge in [0.25, 0.3) is 0 Å². The summed E-state index contributed by atoms with van der Waals surface area (Å²) in [4.78, 5) is 0. The van der Waals surface area contributed by atoms with Crippen molar-refractivity contribution in [2.24, 2.45) is 11.8 Å². The molecule has 0 aromatic carbocycles. The molecule has 0 saturated heterocycles. The van der Waals surface area contributed by atoms with Gasteiger partial charge in [0.2, 0.25) is 0 Å². The first-order chi connectivity index (χ1) is 6.38. The van der Waals surface area contributed by atoms with E-state index in [1.807, 2.05) is 7.11 Å². The molecule has 2 saturated carbocycles. The van der Waals surface area contributed by atoms with Crippen molar-refractivity contribution in [2.75, 3.05) is 7.11 Å². The Morgan fingerprint density at radius 2 is 2.08 bits per heavy atom. The fourth-order valence-electron chi connectivity index (χ4n) is 3.97. The molecule has 0 aromatic rings. The monoisotopic (exact) mass is 178 g/mol.